The number of nitrogens with zero attached hydrogens (tertiary/aromatic N) is 1. The lowest BCUT2D eigenvalue weighted by atomic mass is 9.75. The Bertz CT molecular complexity index is 1280. The zero-order valence-corrected chi connectivity index (χ0v) is 22.3. The van der Waals surface area contributed by atoms with E-state index in [1.54, 1.807) is 0 Å². The Morgan fingerprint density at radius 1 is 1.16 bits per heavy atom. The number of hydrogen-bond donors (Lipinski definition) is 3. The normalized spacial score (nSPS) is 24.2. The molecule has 2 aromatic carbocycles. The first-order chi connectivity index (χ1) is 18.5. The van der Waals surface area contributed by atoms with Crippen molar-refractivity contribution in [1.29, 1.82) is 0 Å². The number of allylic oxidation sites excluding steroid dienone is 2. The highest BCUT2D eigenvalue weighted by Crippen LogP contribution is 2.47. The van der Waals surface area contributed by atoms with Gasteiger partial charge in [0.25, 0.3) is 0 Å². The van der Waals surface area contributed by atoms with Crippen LogP contribution < -0.4 is 16.0 Å². The number of aliphatic imine (C=N–C) groups is 1. The first kappa shape index (κ1) is 26.0. The minimum absolute atomic E-state index is 0.0998. The second kappa shape index (κ2) is 11.4. The van der Waals surface area contributed by atoms with Gasteiger partial charge < -0.3 is 16.0 Å². The summed E-state index contributed by atoms with van der Waals surface area (Å²) >= 11 is 0. The summed E-state index contributed by atoms with van der Waals surface area (Å²) in [6.07, 6.45) is 13.1. The third kappa shape index (κ3) is 5.17. The number of hydrogen-bond acceptors (Lipinski definition) is 4. The van der Waals surface area contributed by atoms with Gasteiger partial charge in [-0.05, 0) is 92.3 Å². The zero-order chi connectivity index (χ0) is 26.5. The van der Waals surface area contributed by atoms with Gasteiger partial charge in [0.2, 0.25) is 12.3 Å². The van der Waals surface area contributed by atoms with Gasteiger partial charge in [-0.15, -0.1) is 0 Å². The monoisotopic (exact) mass is 510 g/mol. The van der Waals surface area contributed by atoms with Crippen LogP contribution in [0.25, 0.3) is 0 Å². The topological polar surface area (TPSA) is 82.6 Å². The summed E-state index contributed by atoms with van der Waals surface area (Å²) in [7, 11) is 0. The van der Waals surface area contributed by atoms with Crippen LogP contribution in [0.1, 0.15) is 62.1 Å². The molecule has 5 rings (SSSR count). The van der Waals surface area contributed by atoms with Crippen LogP contribution in [-0.4, -0.2) is 25.1 Å². The number of anilines is 2. The maximum atomic E-state index is 13.1. The number of carbonyl (C=O) groups is 2. The standard InChI is InChI=1S/C32H38N4O2/c1-3-34-30(27-11-5-4-9-23(27)10-8-16-33-21-37)17-22(2)35-26-15-14-24-19-32(20-25(24)18-26)28-12-6-7-13-29(28)36-31(32)38/h3,6-7,12-15,17-18,21,23,27,35H,2,4-5,8-11,16,19-20H2,1H3,(H,33,37)(H,36,38)/b30-17-,34-3?. The zero-order valence-electron chi connectivity index (χ0n) is 22.3. The van der Waals surface area contributed by atoms with Gasteiger partial charge in [0.05, 0.1) is 5.41 Å². The van der Waals surface area contributed by atoms with Gasteiger partial charge >= 0.3 is 0 Å². The summed E-state index contributed by atoms with van der Waals surface area (Å²) < 4.78 is 0. The van der Waals surface area contributed by atoms with E-state index in [1.165, 1.54) is 30.4 Å². The Kier molecular flexibility index (Phi) is 7.77. The van der Waals surface area contributed by atoms with Crippen molar-refractivity contribution in [3.05, 3.63) is 83.2 Å². The third-order valence-corrected chi connectivity index (χ3v) is 8.49. The summed E-state index contributed by atoms with van der Waals surface area (Å²) in [5.41, 5.74) is 6.85. The quantitative estimate of drug-likeness (QED) is 0.161. The molecule has 1 heterocycles. The van der Waals surface area contributed by atoms with E-state index in [0.717, 1.165) is 67.0 Å². The molecule has 1 saturated carbocycles. The van der Waals surface area contributed by atoms with Crippen molar-refractivity contribution in [3.8, 4) is 0 Å². The smallest absolute Gasteiger partial charge is 0.235 e. The number of para-hydroxylation sites is 1. The first-order valence-corrected chi connectivity index (χ1v) is 13.9. The summed E-state index contributed by atoms with van der Waals surface area (Å²) in [5, 5.41) is 9.37. The summed E-state index contributed by atoms with van der Waals surface area (Å²) in [6.45, 7) is 7.00. The lowest BCUT2D eigenvalue weighted by Gasteiger charge is -2.32. The molecule has 3 atom stereocenters. The van der Waals surface area contributed by atoms with Crippen LogP contribution in [0.4, 0.5) is 11.4 Å². The maximum Gasteiger partial charge on any atom is 0.235 e. The first-order valence-electron chi connectivity index (χ1n) is 13.9. The largest absolute Gasteiger partial charge is 0.359 e. The number of benzene rings is 2. The van der Waals surface area contributed by atoms with Crippen LogP contribution in [0.15, 0.2) is 71.5 Å². The average Bonchev–Trinajstić information content (AvgIpc) is 3.43. The van der Waals surface area contributed by atoms with Crippen LogP contribution in [0, 0.1) is 11.8 Å². The predicted octanol–water partition coefficient (Wildman–Crippen LogP) is 5.91. The Hall–Kier alpha value is -3.67. The van der Waals surface area contributed by atoms with Crippen molar-refractivity contribution < 1.29 is 9.59 Å². The molecule has 6 heteroatoms. The molecule has 3 aliphatic rings. The van der Waals surface area contributed by atoms with Gasteiger partial charge in [-0.3, -0.25) is 14.6 Å². The molecule has 1 spiro atoms. The molecule has 2 aromatic rings. The second-order valence-electron chi connectivity index (χ2n) is 10.9. The highest BCUT2D eigenvalue weighted by molar-refractivity contribution is 6.07. The van der Waals surface area contributed by atoms with Crippen molar-refractivity contribution in [2.75, 3.05) is 17.2 Å². The molecule has 6 nitrogen and oxygen atoms in total. The van der Waals surface area contributed by atoms with Gasteiger partial charge in [0.15, 0.2) is 0 Å². The summed E-state index contributed by atoms with van der Waals surface area (Å²) in [6, 6.07) is 14.5. The number of amides is 2. The van der Waals surface area contributed by atoms with E-state index in [2.05, 4.69) is 52.9 Å². The van der Waals surface area contributed by atoms with E-state index in [-0.39, 0.29) is 5.91 Å². The van der Waals surface area contributed by atoms with E-state index in [4.69, 9.17) is 4.99 Å². The molecular weight excluding hydrogens is 472 g/mol. The molecule has 0 bridgehead atoms. The molecule has 0 radical (unpaired) electrons. The molecule has 198 valence electrons. The Morgan fingerprint density at radius 3 is 2.82 bits per heavy atom. The van der Waals surface area contributed by atoms with Crippen molar-refractivity contribution in [2.24, 2.45) is 16.8 Å². The van der Waals surface area contributed by atoms with Crippen LogP contribution in [0.2, 0.25) is 0 Å². The minimum atomic E-state index is -0.505. The summed E-state index contributed by atoms with van der Waals surface area (Å²) in [4.78, 5) is 28.4. The summed E-state index contributed by atoms with van der Waals surface area (Å²) in [5.74, 6) is 1.06. The molecule has 3 N–H and O–H groups in total. The third-order valence-electron chi connectivity index (χ3n) is 8.49. The van der Waals surface area contributed by atoms with Crippen LogP contribution in [0.5, 0.6) is 0 Å². The molecular formula is C32H38N4O2. The molecule has 2 aliphatic carbocycles. The lowest BCUT2D eigenvalue weighted by molar-refractivity contribution is -0.120. The number of rotatable bonds is 10. The lowest BCUT2D eigenvalue weighted by Crippen LogP contribution is -2.35. The fourth-order valence-electron chi connectivity index (χ4n) is 6.74. The Labute approximate surface area is 225 Å². The number of carbonyl (C=O) groups excluding carboxylic acids is 2. The maximum absolute atomic E-state index is 13.1. The van der Waals surface area contributed by atoms with Crippen molar-refractivity contribution >= 4 is 29.9 Å². The molecule has 2 amide bonds. The highest BCUT2D eigenvalue weighted by atomic mass is 16.2. The van der Waals surface area contributed by atoms with E-state index in [0.29, 0.717) is 18.3 Å². The number of fused-ring (bicyclic) bond motifs is 3. The second-order valence-corrected chi connectivity index (χ2v) is 10.9. The highest BCUT2D eigenvalue weighted by Gasteiger charge is 2.50. The fourth-order valence-corrected chi connectivity index (χ4v) is 6.74. The minimum Gasteiger partial charge on any atom is -0.359 e. The molecule has 38 heavy (non-hydrogen) atoms. The van der Waals surface area contributed by atoms with Gasteiger partial charge in [-0.2, -0.15) is 0 Å². The van der Waals surface area contributed by atoms with Gasteiger partial charge in [0, 0.05) is 41.4 Å². The van der Waals surface area contributed by atoms with Crippen LogP contribution in [-0.2, 0) is 27.8 Å². The van der Waals surface area contributed by atoms with E-state index in [1.807, 2.05) is 31.3 Å². The van der Waals surface area contributed by atoms with Crippen LogP contribution in [0.3, 0.4) is 0 Å². The van der Waals surface area contributed by atoms with Gasteiger partial charge in [0.1, 0.15) is 0 Å². The predicted molar refractivity (Wildman–Crippen MR) is 154 cm³/mol. The molecule has 3 unspecified atom stereocenters. The SMILES string of the molecule is C=C(/C=C(\N=CC)C1CCCCC1CCCNC=O)Nc1ccc2c(c1)CC1(C2)C(=O)Nc2ccccc21. The molecule has 1 aliphatic heterocycles. The van der Waals surface area contributed by atoms with E-state index >= 15 is 0 Å². The van der Waals surface area contributed by atoms with Crippen molar-refractivity contribution in [3.63, 3.8) is 0 Å². The van der Waals surface area contributed by atoms with Crippen molar-refractivity contribution in [2.45, 2.75) is 63.7 Å². The van der Waals surface area contributed by atoms with Crippen molar-refractivity contribution in [1.82, 2.24) is 5.32 Å². The molecule has 0 aromatic heterocycles. The van der Waals surface area contributed by atoms with E-state index in [9.17, 15) is 9.59 Å². The fraction of sp³-hybridized carbons (Fsp3) is 0.406. The van der Waals surface area contributed by atoms with Gasteiger partial charge in [-0.1, -0.05) is 43.7 Å². The van der Waals surface area contributed by atoms with Gasteiger partial charge in [-0.25, -0.2) is 0 Å². The Morgan fingerprint density at radius 2 is 1.97 bits per heavy atom. The molecule has 0 saturated heterocycles. The van der Waals surface area contributed by atoms with E-state index < -0.39 is 5.41 Å². The average molecular weight is 511 g/mol. The van der Waals surface area contributed by atoms with Crippen LogP contribution >= 0.6 is 0 Å². The molecule has 1 fully saturated rings. The number of nitrogens with one attached hydrogen (secondary N) is 3. The Balaban J connectivity index is 1.30.